The Bertz CT molecular complexity index is 366. The smallest absolute Gasteiger partial charge is 0.221 e. The van der Waals surface area contributed by atoms with E-state index in [0.717, 1.165) is 36.0 Å². The summed E-state index contributed by atoms with van der Waals surface area (Å²) in [5, 5.41) is 12.7. The zero-order valence-electron chi connectivity index (χ0n) is 8.86. The Labute approximate surface area is 103 Å². The van der Waals surface area contributed by atoms with Crippen molar-refractivity contribution in [2.45, 2.75) is 37.8 Å². The number of nitrogen functional groups attached to an aromatic ring is 1. The second-order valence-electron chi connectivity index (χ2n) is 4.07. The molecule has 0 bridgehead atoms. The van der Waals surface area contributed by atoms with Crippen molar-refractivity contribution in [3.63, 3.8) is 0 Å². The third kappa shape index (κ3) is 2.82. The van der Waals surface area contributed by atoms with Gasteiger partial charge in [0.15, 0.2) is 0 Å². The van der Waals surface area contributed by atoms with Crippen LogP contribution in [-0.2, 0) is 0 Å². The van der Waals surface area contributed by atoms with Gasteiger partial charge in [-0.25, -0.2) is 4.98 Å². The molecule has 0 saturated heterocycles. The van der Waals surface area contributed by atoms with E-state index in [4.69, 9.17) is 5.73 Å². The number of hydrogen-bond donors (Lipinski definition) is 3. The second kappa shape index (κ2) is 4.97. The van der Waals surface area contributed by atoms with Gasteiger partial charge in [-0.15, -0.1) is 0 Å². The van der Waals surface area contributed by atoms with E-state index in [0.29, 0.717) is 6.04 Å². The van der Waals surface area contributed by atoms with E-state index >= 15 is 0 Å². The van der Waals surface area contributed by atoms with Gasteiger partial charge < -0.3 is 16.2 Å². The predicted molar refractivity (Wildman–Crippen MR) is 66.0 cm³/mol. The standard InChI is InChI=1S/C10H15BrN4O/c11-8-5-13-10(12)15-9(8)14-6-1-3-7(16)4-2-6/h5-7,16H,1-4H2,(H3,12,13,14,15)/t6-,7-. The molecular weight excluding hydrogens is 272 g/mol. The van der Waals surface area contributed by atoms with Crippen molar-refractivity contribution >= 4 is 27.7 Å². The molecule has 0 radical (unpaired) electrons. The van der Waals surface area contributed by atoms with Crippen molar-refractivity contribution in [3.8, 4) is 0 Å². The SMILES string of the molecule is Nc1ncc(Br)c(N[C@H]2CC[C@H](O)CC2)n1. The lowest BCUT2D eigenvalue weighted by molar-refractivity contribution is 0.126. The number of aliphatic hydroxyl groups is 1. The van der Waals surface area contributed by atoms with Crippen LogP contribution in [0, 0.1) is 0 Å². The predicted octanol–water partition coefficient (Wildman–Crippen LogP) is 1.54. The monoisotopic (exact) mass is 286 g/mol. The Balaban J connectivity index is 2.00. The molecule has 0 spiro atoms. The van der Waals surface area contributed by atoms with Gasteiger partial charge in [-0.3, -0.25) is 0 Å². The second-order valence-corrected chi connectivity index (χ2v) is 4.93. The largest absolute Gasteiger partial charge is 0.393 e. The van der Waals surface area contributed by atoms with Crippen LogP contribution in [0.3, 0.4) is 0 Å². The average molecular weight is 287 g/mol. The van der Waals surface area contributed by atoms with E-state index in [-0.39, 0.29) is 12.1 Å². The summed E-state index contributed by atoms with van der Waals surface area (Å²) < 4.78 is 0.813. The van der Waals surface area contributed by atoms with E-state index in [1.807, 2.05) is 0 Å². The molecule has 0 amide bonds. The van der Waals surface area contributed by atoms with Gasteiger partial charge in [-0.2, -0.15) is 4.98 Å². The highest BCUT2D eigenvalue weighted by atomic mass is 79.9. The van der Waals surface area contributed by atoms with Crippen molar-refractivity contribution in [3.05, 3.63) is 10.7 Å². The molecule has 88 valence electrons. The molecule has 2 rings (SSSR count). The highest BCUT2D eigenvalue weighted by Gasteiger charge is 2.20. The maximum Gasteiger partial charge on any atom is 0.221 e. The molecule has 0 aliphatic heterocycles. The van der Waals surface area contributed by atoms with E-state index in [1.54, 1.807) is 6.20 Å². The maximum atomic E-state index is 9.41. The number of rotatable bonds is 2. The molecule has 1 saturated carbocycles. The van der Waals surface area contributed by atoms with Gasteiger partial charge in [0.2, 0.25) is 5.95 Å². The maximum absolute atomic E-state index is 9.41. The van der Waals surface area contributed by atoms with E-state index in [1.165, 1.54) is 0 Å². The van der Waals surface area contributed by atoms with Gasteiger partial charge in [-0.1, -0.05) is 0 Å². The number of halogens is 1. The third-order valence-electron chi connectivity index (χ3n) is 2.80. The van der Waals surface area contributed by atoms with Crippen LogP contribution < -0.4 is 11.1 Å². The molecule has 6 heteroatoms. The average Bonchev–Trinajstić information content (AvgIpc) is 2.27. The molecule has 5 nitrogen and oxygen atoms in total. The fourth-order valence-electron chi connectivity index (χ4n) is 1.90. The zero-order valence-corrected chi connectivity index (χ0v) is 10.4. The molecule has 1 heterocycles. The van der Waals surface area contributed by atoms with Crippen LogP contribution in [0.15, 0.2) is 10.7 Å². The number of nitrogens with one attached hydrogen (secondary N) is 1. The van der Waals surface area contributed by atoms with E-state index in [9.17, 15) is 5.11 Å². The normalized spacial score (nSPS) is 25.4. The number of aliphatic hydroxyl groups excluding tert-OH is 1. The molecule has 1 aromatic rings. The highest BCUT2D eigenvalue weighted by Crippen LogP contribution is 2.25. The molecule has 1 aliphatic rings. The first-order chi connectivity index (χ1) is 7.65. The first kappa shape index (κ1) is 11.6. The van der Waals surface area contributed by atoms with Crippen molar-refractivity contribution in [1.29, 1.82) is 0 Å². The molecule has 1 aliphatic carbocycles. The highest BCUT2D eigenvalue weighted by molar-refractivity contribution is 9.10. The van der Waals surface area contributed by atoms with Crippen LogP contribution in [-0.4, -0.2) is 27.2 Å². The summed E-state index contributed by atoms with van der Waals surface area (Å²) in [6.45, 7) is 0. The minimum Gasteiger partial charge on any atom is -0.393 e. The van der Waals surface area contributed by atoms with Crippen LogP contribution in [0.5, 0.6) is 0 Å². The van der Waals surface area contributed by atoms with Gasteiger partial charge in [-0.05, 0) is 41.6 Å². The van der Waals surface area contributed by atoms with E-state index < -0.39 is 0 Å². The fourth-order valence-corrected chi connectivity index (χ4v) is 2.20. The molecule has 1 fully saturated rings. The van der Waals surface area contributed by atoms with Crippen molar-refractivity contribution in [2.24, 2.45) is 0 Å². The quantitative estimate of drug-likeness (QED) is 0.768. The Hall–Kier alpha value is -0.880. The number of anilines is 2. The molecule has 16 heavy (non-hydrogen) atoms. The third-order valence-corrected chi connectivity index (χ3v) is 3.38. The lowest BCUT2D eigenvalue weighted by atomic mass is 9.93. The van der Waals surface area contributed by atoms with Crippen molar-refractivity contribution in [2.75, 3.05) is 11.1 Å². The molecule has 0 aromatic carbocycles. The lowest BCUT2D eigenvalue weighted by Gasteiger charge is -2.26. The Kier molecular flexibility index (Phi) is 3.60. The van der Waals surface area contributed by atoms with Gasteiger partial charge in [0.05, 0.1) is 10.6 Å². The number of hydrogen-bond acceptors (Lipinski definition) is 5. The summed E-state index contributed by atoms with van der Waals surface area (Å²) >= 11 is 3.38. The molecule has 0 atom stereocenters. The van der Waals surface area contributed by atoms with Crippen LogP contribution >= 0.6 is 15.9 Å². The number of nitrogens with two attached hydrogens (primary N) is 1. The van der Waals surface area contributed by atoms with Gasteiger partial charge >= 0.3 is 0 Å². The minimum absolute atomic E-state index is 0.142. The summed E-state index contributed by atoms with van der Waals surface area (Å²) in [7, 11) is 0. The summed E-state index contributed by atoms with van der Waals surface area (Å²) in [4.78, 5) is 8.02. The molecular formula is C10H15BrN4O. The Morgan fingerprint density at radius 1 is 1.38 bits per heavy atom. The summed E-state index contributed by atoms with van der Waals surface area (Å²) in [6, 6.07) is 0.356. The van der Waals surface area contributed by atoms with Gasteiger partial charge in [0.25, 0.3) is 0 Å². The molecule has 4 N–H and O–H groups in total. The Morgan fingerprint density at radius 3 is 2.75 bits per heavy atom. The summed E-state index contributed by atoms with van der Waals surface area (Å²) in [6.07, 6.45) is 5.10. The van der Waals surface area contributed by atoms with E-state index in [2.05, 4.69) is 31.2 Å². The van der Waals surface area contributed by atoms with Gasteiger partial charge in [0, 0.05) is 12.2 Å². The fraction of sp³-hybridized carbons (Fsp3) is 0.600. The topological polar surface area (TPSA) is 84.1 Å². The van der Waals surface area contributed by atoms with Crippen molar-refractivity contribution < 1.29 is 5.11 Å². The van der Waals surface area contributed by atoms with Crippen LogP contribution in [0.1, 0.15) is 25.7 Å². The molecule has 1 aromatic heterocycles. The summed E-state index contributed by atoms with van der Waals surface area (Å²) in [5.41, 5.74) is 5.53. The Morgan fingerprint density at radius 2 is 2.06 bits per heavy atom. The van der Waals surface area contributed by atoms with Crippen LogP contribution in [0.4, 0.5) is 11.8 Å². The lowest BCUT2D eigenvalue weighted by Crippen LogP contribution is -2.28. The van der Waals surface area contributed by atoms with Crippen LogP contribution in [0.2, 0.25) is 0 Å². The zero-order chi connectivity index (χ0) is 11.5. The number of nitrogens with zero attached hydrogens (tertiary/aromatic N) is 2. The molecule has 0 unspecified atom stereocenters. The number of aromatic nitrogens is 2. The van der Waals surface area contributed by atoms with Crippen LogP contribution in [0.25, 0.3) is 0 Å². The van der Waals surface area contributed by atoms with Crippen molar-refractivity contribution in [1.82, 2.24) is 9.97 Å². The first-order valence-electron chi connectivity index (χ1n) is 5.38. The van der Waals surface area contributed by atoms with Gasteiger partial charge in [0.1, 0.15) is 5.82 Å². The summed E-state index contributed by atoms with van der Waals surface area (Å²) in [5.74, 6) is 0.996. The minimum atomic E-state index is -0.142. The first-order valence-corrected chi connectivity index (χ1v) is 6.17.